The van der Waals surface area contributed by atoms with Crippen molar-refractivity contribution in [3.63, 3.8) is 0 Å². The number of benzene rings is 2. The van der Waals surface area contributed by atoms with Crippen LogP contribution in [0.25, 0.3) is 5.57 Å². The van der Waals surface area contributed by atoms with Crippen molar-refractivity contribution in [2.45, 2.75) is 13.3 Å². The van der Waals surface area contributed by atoms with Gasteiger partial charge in [-0.1, -0.05) is 30.3 Å². The summed E-state index contributed by atoms with van der Waals surface area (Å²) in [5.74, 6) is 0.463. The van der Waals surface area contributed by atoms with Gasteiger partial charge in [-0.3, -0.25) is 14.5 Å². The fourth-order valence-electron chi connectivity index (χ4n) is 3.26. The molecule has 0 spiro atoms. The number of ether oxygens (including phenoxy) is 3. The van der Waals surface area contributed by atoms with E-state index in [0.717, 1.165) is 0 Å². The number of rotatable bonds is 10. The standard InChI is InChI=1S/C23H26N2O5/c1-4-30-12-8-11-25-22(26)20(16-9-6-5-7-10-16)21(23(25)27)24-17-13-18(28-2)15-19(14-17)29-3/h5-7,9-10,13-15,24H,4,8,11-12H2,1-3H3. The van der Waals surface area contributed by atoms with E-state index in [1.165, 1.54) is 4.90 Å². The number of nitrogens with zero attached hydrogens (tertiary/aromatic N) is 1. The molecule has 1 aliphatic heterocycles. The summed E-state index contributed by atoms with van der Waals surface area (Å²) in [6, 6.07) is 14.4. The normalized spacial score (nSPS) is 13.8. The Balaban J connectivity index is 1.96. The number of methoxy groups -OCH3 is 2. The first-order valence-electron chi connectivity index (χ1n) is 9.82. The van der Waals surface area contributed by atoms with Gasteiger partial charge in [-0.05, 0) is 18.9 Å². The molecule has 0 unspecified atom stereocenters. The predicted octanol–water partition coefficient (Wildman–Crippen LogP) is 3.32. The van der Waals surface area contributed by atoms with Crippen molar-refractivity contribution in [2.75, 3.05) is 39.3 Å². The average molecular weight is 410 g/mol. The molecule has 0 atom stereocenters. The van der Waals surface area contributed by atoms with Gasteiger partial charge in [-0.15, -0.1) is 0 Å². The van der Waals surface area contributed by atoms with Crippen molar-refractivity contribution in [3.05, 3.63) is 59.8 Å². The van der Waals surface area contributed by atoms with E-state index in [1.807, 2.05) is 37.3 Å². The summed E-state index contributed by atoms with van der Waals surface area (Å²) in [5.41, 5.74) is 1.85. The number of carbonyl (C=O) groups is 2. The number of amides is 2. The summed E-state index contributed by atoms with van der Waals surface area (Å²) in [6.07, 6.45) is 0.577. The lowest BCUT2D eigenvalue weighted by atomic mass is 10.0. The minimum atomic E-state index is -0.364. The smallest absolute Gasteiger partial charge is 0.278 e. The van der Waals surface area contributed by atoms with Gasteiger partial charge in [-0.2, -0.15) is 0 Å². The number of nitrogens with one attached hydrogen (secondary N) is 1. The molecular formula is C23H26N2O5. The lowest BCUT2D eigenvalue weighted by molar-refractivity contribution is -0.137. The summed E-state index contributed by atoms with van der Waals surface area (Å²) >= 11 is 0. The summed E-state index contributed by atoms with van der Waals surface area (Å²) in [6.45, 7) is 3.29. The van der Waals surface area contributed by atoms with E-state index >= 15 is 0 Å². The largest absolute Gasteiger partial charge is 0.497 e. The maximum atomic E-state index is 13.2. The first kappa shape index (κ1) is 21.4. The third-order valence-electron chi connectivity index (χ3n) is 4.73. The molecule has 0 aliphatic carbocycles. The van der Waals surface area contributed by atoms with Crippen LogP contribution in [0.1, 0.15) is 18.9 Å². The molecular weight excluding hydrogens is 384 g/mol. The maximum absolute atomic E-state index is 13.2. The summed E-state index contributed by atoms with van der Waals surface area (Å²) in [5, 5.41) is 3.13. The van der Waals surface area contributed by atoms with Crippen LogP contribution in [-0.2, 0) is 14.3 Å². The molecule has 0 fully saturated rings. The van der Waals surface area contributed by atoms with Crippen LogP contribution in [0.2, 0.25) is 0 Å². The number of carbonyl (C=O) groups excluding carboxylic acids is 2. The summed E-state index contributed by atoms with van der Waals surface area (Å²) in [7, 11) is 3.11. The van der Waals surface area contributed by atoms with Crippen LogP contribution in [0.3, 0.4) is 0 Å². The van der Waals surface area contributed by atoms with Crippen LogP contribution in [0.15, 0.2) is 54.2 Å². The molecule has 2 aromatic carbocycles. The first-order valence-corrected chi connectivity index (χ1v) is 9.82. The van der Waals surface area contributed by atoms with Crippen LogP contribution < -0.4 is 14.8 Å². The Morgan fingerprint density at radius 2 is 1.60 bits per heavy atom. The van der Waals surface area contributed by atoms with Crippen LogP contribution in [0.5, 0.6) is 11.5 Å². The van der Waals surface area contributed by atoms with Gasteiger partial charge >= 0.3 is 0 Å². The number of hydrogen-bond acceptors (Lipinski definition) is 6. The average Bonchev–Trinajstić information content (AvgIpc) is 3.00. The maximum Gasteiger partial charge on any atom is 0.278 e. The molecule has 0 saturated heterocycles. The van der Waals surface area contributed by atoms with Gasteiger partial charge in [0.15, 0.2) is 0 Å². The van der Waals surface area contributed by atoms with Crippen molar-refractivity contribution in [1.29, 1.82) is 0 Å². The molecule has 1 N–H and O–H groups in total. The summed E-state index contributed by atoms with van der Waals surface area (Å²) < 4.78 is 16.0. The van der Waals surface area contributed by atoms with E-state index in [9.17, 15) is 9.59 Å². The molecule has 158 valence electrons. The van der Waals surface area contributed by atoms with Gasteiger partial charge in [0.1, 0.15) is 17.2 Å². The molecule has 30 heavy (non-hydrogen) atoms. The Hall–Kier alpha value is -3.32. The van der Waals surface area contributed by atoms with Crippen LogP contribution in [-0.4, -0.2) is 50.7 Å². The van der Waals surface area contributed by atoms with E-state index in [2.05, 4.69) is 5.32 Å². The fourth-order valence-corrected chi connectivity index (χ4v) is 3.26. The van der Waals surface area contributed by atoms with Crippen molar-refractivity contribution < 1.29 is 23.8 Å². The molecule has 2 aromatic rings. The second-order valence-corrected chi connectivity index (χ2v) is 6.65. The number of anilines is 1. The van der Waals surface area contributed by atoms with Crippen LogP contribution >= 0.6 is 0 Å². The highest BCUT2D eigenvalue weighted by Crippen LogP contribution is 2.33. The monoisotopic (exact) mass is 410 g/mol. The Bertz CT molecular complexity index is 918. The Morgan fingerprint density at radius 1 is 0.933 bits per heavy atom. The zero-order valence-electron chi connectivity index (χ0n) is 17.4. The summed E-state index contributed by atoms with van der Waals surface area (Å²) in [4.78, 5) is 27.6. The highest BCUT2D eigenvalue weighted by molar-refractivity contribution is 6.36. The lowest BCUT2D eigenvalue weighted by Crippen LogP contribution is -2.34. The van der Waals surface area contributed by atoms with Crippen molar-refractivity contribution in [2.24, 2.45) is 0 Å². The van der Waals surface area contributed by atoms with E-state index in [-0.39, 0.29) is 17.5 Å². The molecule has 1 aliphatic rings. The number of imide groups is 1. The van der Waals surface area contributed by atoms with Gasteiger partial charge < -0.3 is 19.5 Å². The molecule has 0 saturated carbocycles. The second kappa shape index (κ2) is 9.93. The topological polar surface area (TPSA) is 77.1 Å². The molecule has 2 amide bonds. The molecule has 7 nitrogen and oxygen atoms in total. The molecule has 1 heterocycles. The van der Waals surface area contributed by atoms with Crippen molar-refractivity contribution >= 4 is 23.1 Å². The van der Waals surface area contributed by atoms with Gasteiger partial charge in [0.2, 0.25) is 0 Å². The van der Waals surface area contributed by atoms with E-state index in [1.54, 1.807) is 32.4 Å². The Kier molecular flexibility index (Phi) is 7.08. The van der Waals surface area contributed by atoms with E-state index in [0.29, 0.717) is 54.5 Å². The fraction of sp³-hybridized carbons (Fsp3) is 0.304. The quantitative estimate of drug-likeness (QED) is 0.478. The van der Waals surface area contributed by atoms with Crippen LogP contribution in [0.4, 0.5) is 5.69 Å². The minimum absolute atomic E-state index is 0.234. The third-order valence-corrected chi connectivity index (χ3v) is 4.73. The zero-order chi connectivity index (χ0) is 21.5. The third kappa shape index (κ3) is 4.63. The first-order chi connectivity index (χ1) is 14.6. The van der Waals surface area contributed by atoms with Gasteiger partial charge in [0.05, 0.1) is 19.8 Å². The zero-order valence-corrected chi connectivity index (χ0v) is 17.4. The molecule has 7 heteroatoms. The SMILES string of the molecule is CCOCCCN1C(=O)C(Nc2cc(OC)cc(OC)c2)=C(c2ccccc2)C1=O. The lowest BCUT2D eigenvalue weighted by Gasteiger charge is -2.15. The van der Waals surface area contributed by atoms with Gasteiger partial charge in [-0.25, -0.2) is 0 Å². The molecule has 0 bridgehead atoms. The molecule has 0 aromatic heterocycles. The van der Waals surface area contributed by atoms with Crippen molar-refractivity contribution in [1.82, 2.24) is 4.90 Å². The number of hydrogen-bond donors (Lipinski definition) is 1. The van der Waals surface area contributed by atoms with E-state index < -0.39 is 0 Å². The van der Waals surface area contributed by atoms with Gasteiger partial charge in [0, 0.05) is 43.6 Å². The van der Waals surface area contributed by atoms with Crippen molar-refractivity contribution in [3.8, 4) is 11.5 Å². The minimum Gasteiger partial charge on any atom is -0.497 e. The molecule has 3 rings (SSSR count). The predicted molar refractivity (Wildman–Crippen MR) is 114 cm³/mol. The molecule has 0 radical (unpaired) electrons. The van der Waals surface area contributed by atoms with Gasteiger partial charge in [0.25, 0.3) is 11.8 Å². The Labute approximate surface area is 176 Å². The van der Waals surface area contributed by atoms with Crippen LogP contribution in [0, 0.1) is 0 Å². The second-order valence-electron chi connectivity index (χ2n) is 6.65. The highest BCUT2D eigenvalue weighted by Gasteiger charge is 2.38. The van der Waals surface area contributed by atoms with E-state index in [4.69, 9.17) is 14.2 Å². The highest BCUT2D eigenvalue weighted by atomic mass is 16.5. The Morgan fingerprint density at radius 3 is 2.20 bits per heavy atom.